The lowest BCUT2D eigenvalue weighted by molar-refractivity contribution is 0.0526. The Kier molecular flexibility index (Phi) is 5.81. The van der Waals surface area contributed by atoms with E-state index in [1.54, 1.807) is 31.2 Å². The maximum atomic E-state index is 11.6. The number of carbonyl (C=O) groups is 1. The molecule has 0 fully saturated rings. The molecule has 2 rings (SSSR count). The molecule has 0 saturated heterocycles. The van der Waals surface area contributed by atoms with Crippen LogP contribution in [0.25, 0.3) is 0 Å². The number of benzene rings is 2. The minimum Gasteiger partial charge on any atom is -0.462 e. The van der Waals surface area contributed by atoms with Gasteiger partial charge in [-0.25, -0.2) is 13.2 Å². The summed E-state index contributed by atoms with van der Waals surface area (Å²) < 4.78 is 29.7. The van der Waals surface area contributed by atoms with Crippen LogP contribution >= 0.6 is 0 Å². The smallest absolute Gasteiger partial charge is 0.338 e. The van der Waals surface area contributed by atoms with E-state index in [0.29, 0.717) is 24.4 Å². The van der Waals surface area contributed by atoms with Gasteiger partial charge in [0.25, 0.3) is 0 Å². The van der Waals surface area contributed by atoms with Crippen LogP contribution in [-0.2, 0) is 21.3 Å². The van der Waals surface area contributed by atoms with Crippen LogP contribution in [0.1, 0.15) is 22.8 Å². The molecule has 0 radical (unpaired) electrons. The van der Waals surface area contributed by atoms with E-state index < -0.39 is 10.0 Å². The lowest BCUT2D eigenvalue weighted by Crippen LogP contribution is -2.09. The van der Waals surface area contributed by atoms with E-state index in [1.165, 1.54) is 0 Å². The average Bonchev–Trinajstić information content (AvgIpc) is 2.53. The van der Waals surface area contributed by atoms with Crippen molar-refractivity contribution in [2.24, 2.45) is 0 Å². The zero-order valence-corrected chi connectivity index (χ0v) is 14.4. The van der Waals surface area contributed by atoms with Crippen molar-refractivity contribution in [1.82, 2.24) is 0 Å². The van der Waals surface area contributed by atoms with E-state index in [-0.39, 0.29) is 5.97 Å². The second-order valence-corrected chi connectivity index (χ2v) is 6.97. The highest BCUT2D eigenvalue weighted by atomic mass is 32.2. The van der Waals surface area contributed by atoms with Gasteiger partial charge in [-0.3, -0.25) is 4.72 Å². The van der Waals surface area contributed by atoms with Gasteiger partial charge in [-0.05, 0) is 48.9 Å². The number of esters is 1. The first-order valence-electron chi connectivity index (χ1n) is 7.45. The van der Waals surface area contributed by atoms with Crippen molar-refractivity contribution in [2.75, 3.05) is 22.9 Å². The summed E-state index contributed by atoms with van der Waals surface area (Å²) in [5, 5.41) is 3.24. The van der Waals surface area contributed by atoms with Crippen molar-refractivity contribution in [3.8, 4) is 0 Å². The highest BCUT2D eigenvalue weighted by Crippen LogP contribution is 2.14. The largest absolute Gasteiger partial charge is 0.462 e. The minimum absolute atomic E-state index is 0.335. The van der Waals surface area contributed by atoms with E-state index >= 15 is 0 Å². The molecule has 0 saturated carbocycles. The first-order chi connectivity index (χ1) is 11.4. The topological polar surface area (TPSA) is 84.5 Å². The van der Waals surface area contributed by atoms with Gasteiger partial charge < -0.3 is 10.1 Å². The number of rotatable bonds is 7. The number of carbonyl (C=O) groups excluding carboxylic acids is 1. The summed E-state index contributed by atoms with van der Waals surface area (Å²) in [6, 6.07) is 14.1. The Labute approximate surface area is 141 Å². The molecular formula is C17H20N2O4S. The van der Waals surface area contributed by atoms with Gasteiger partial charge >= 0.3 is 5.97 Å². The standard InChI is InChI=1S/C17H20N2O4S/c1-3-23-17(20)14-6-10-15(11-7-14)18-12-13-4-8-16(9-5-13)19-24(2,21)22/h4-11,18-19H,3,12H2,1-2H3. The Morgan fingerprint density at radius 3 is 2.12 bits per heavy atom. The molecule has 128 valence electrons. The second-order valence-electron chi connectivity index (χ2n) is 5.22. The van der Waals surface area contributed by atoms with E-state index in [1.807, 2.05) is 24.3 Å². The molecule has 2 aromatic carbocycles. The third-order valence-corrected chi connectivity index (χ3v) is 3.76. The molecule has 0 bridgehead atoms. The van der Waals surface area contributed by atoms with E-state index in [2.05, 4.69) is 10.0 Å². The van der Waals surface area contributed by atoms with Crippen LogP contribution in [0.4, 0.5) is 11.4 Å². The fraction of sp³-hybridized carbons (Fsp3) is 0.235. The SMILES string of the molecule is CCOC(=O)c1ccc(NCc2ccc(NS(C)(=O)=O)cc2)cc1. The van der Waals surface area contributed by atoms with Crippen molar-refractivity contribution in [1.29, 1.82) is 0 Å². The highest BCUT2D eigenvalue weighted by molar-refractivity contribution is 7.92. The Hall–Kier alpha value is -2.54. The van der Waals surface area contributed by atoms with Gasteiger partial charge in [0.05, 0.1) is 18.4 Å². The van der Waals surface area contributed by atoms with Gasteiger partial charge in [0, 0.05) is 17.9 Å². The molecule has 7 heteroatoms. The zero-order valence-electron chi connectivity index (χ0n) is 13.6. The minimum atomic E-state index is -3.26. The molecule has 0 aliphatic rings. The van der Waals surface area contributed by atoms with Gasteiger partial charge in [0.2, 0.25) is 10.0 Å². The third-order valence-electron chi connectivity index (χ3n) is 3.15. The van der Waals surface area contributed by atoms with Crippen LogP contribution in [0.3, 0.4) is 0 Å². The molecule has 0 aliphatic carbocycles. The number of hydrogen-bond acceptors (Lipinski definition) is 5. The highest BCUT2D eigenvalue weighted by Gasteiger charge is 2.05. The summed E-state index contributed by atoms with van der Waals surface area (Å²) in [4.78, 5) is 11.6. The van der Waals surface area contributed by atoms with E-state index in [0.717, 1.165) is 17.5 Å². The molecule has 0 spiro atoms. The number of anilines is 2. The summed E-state index contributed by atoms with van der Waals surface area (Å²) in [6.07, 6.45) is 1.11. The predicted octanol–water partition coefficient (Wildman–Crippen LogP) is 2.85. The summed E-state index contributed by atoms with van der Waals surface area (Å²) in [5.41, 5.74) is 2.92. The molecule has 2 N–H and O–H groups in total. The predicted molar refractivity (Wildman–Crippen MR) is 94.6 cm³/mol. The summed E-state index contributed by atoms with van der Waals surface area (Å²) in [7, 11) is -3.26. The number of ether oxygens (including phenoxy) is 1. The molecular weight excluding hydrogens is 328 g/mol. The fourth-order valence-electron chi connectivity index (χ4n) is 2.05. The molecule has 6 nitrogen and oxygen atoms in total. The molecule has 0 aromatic heterocycles. The Morgan fingerprint density at radius 2 is 1.58 bits per heavy atom. The Bertz CT molecular complexity index is 784. The lowest BCUT2D eigenvalue weighted by atomic mass is 10.2. The van der Waals surface area contributed by atoms with Crippen LogP contribution < -0.4 is 10.0 Å². The average molecular weight is 348 g/mol. The van der Waals surface area contributed by atoms with Crippen LogP contribution in [0.2, 0.25) is 0 Å². The quantitative estimate of drug-likeness (QED) is 0.752. The molecule has 0 heterocycles. The van der Waals surface area contributed by atoms with E-state index in [9.17, 15) is 13.2 Å². The van der Waals surface area contributed by atoms with Crippen LogP contribution in [0, 0.1) is 0 Å². The van der Waals surface area contributed by atoms with Gasteiger partial charge in [0.15, 0.2) is 0 Å². The van der Waals surface area contributed by atoms with Gasteiger partial charge in [-0.15, -0.1) is 0 Å². The monoisotopic (exact) mass is 348 g/mol. The molecule has 0 amide bonds. The second kappa shape index (κ2) is 7.83. The third kappa shape index (κ3) is 5.58. The maximum Gasteiger partial charge on any atom is 0.338 e. The Balaban J connectivity index is 1.92. The molecule has 0 atom stereocenters. The lowest BCUT2D eigenvalue weighted by Gasteiger charge is -2.09. The first-order valence-corrected chi connectivity index (χ1v) is 9.34. The van der Waals surface area contributed by atoms with Crippen molar-refractivity contribution in [3.05, 3.63) is 59.7 Å². The zero-order chi connectivity index (χ0) is 17.6. The first kappa shape index (κ1) is 17.8. The van der Waals surface area contributed by atoms with Crippen molar-refractivity contribution < 1.29 is 17.9 Å². The number of hydrogen-bond donors (Lipinski definition) is 2. The normalized spacial score (nSPS) is 10.9. The van der Waals surface area contributed by atoms with Gasteiger partial charge in [0.1, 0.15) is 0 Å². The van der Waals surface area contributed by atoms with Crippen LogP contribution in [0.5, 0.6) is 0 Å². The molecule has 24 heavy (non-hydrogen) atoms. The Morgan fingerprint density at radius 1 is 1.00 bits per heavy atom. The number of nitrogens with one attached hydrogen (secondary N) is 2. The van der Waals surface area contributed by atoms with Crippen LogP contribution in [-0.4, -0.2) is 27.2 Å². The maximum absolute atomic E-state index is 11.6. The summed E-state index contributed by atoms with van der Waals surface area (Å²) in [6.45, 7) is 2.70. The fourth-order valence-corrected chi connectivity index (χ4v) is 2.61. The molecule has 2 aromatic rings. The summed E-state index contributed by atoms with van der Waals surface area (Å²) in [5.74, 6) is -0.335. The van der Waals surface area contributed by atoms with Gasteiger partial charge in [-0.2, -0.15) is 0 Å². The molecule has 0 aliphatic heterocycles. The van der Waals surface area contributed by atoms with Crippen LogP contribution in [0.15, 0.2) is 48.5 Å². The van der Waals surface area contributed by atoms with Crippen molar-refractivity contribution >= 4 is 27.4 Å². The van der Waals surface area contributed by atoms with E-state index in [4.69, 9.17) is 4.74 Å². The van der Waals surface area contributed by atoms with Crippen molar-refractivity contribution in [2.45, 2.75) is 13.5 Å². The molecule has 0 unspecified atom stereocenters. The van der Waals surface area contributed by atoms with Crippen molar-refractivity contribution in [3.63, 3.8) is 0 Å². The summed E-state index contributed by atoms with van der Waals surface area (Å²) >= 11 is 0. The number of sulfonamides is 1. The van der Waals surface area contributed by atoms with Gasteiger partial charge in [-0.1, -0.05) is 12.1 Å².